The van der Waals surface area contributed by atoms with E-state index in [0.29, 0.717) is 17.7 Å². The Balaban J connectivity index is 2.00. The molecule has 4 rings (SSSR count). The number of hydrogen-bond donors (Lipinski definition) is 2. The molecule has 1 aromatic rings. The van der Waals surface area contributed by atoms with Gasteiger partial charge in [-0.25, -0.2) is 14.2 Å². The highest BCUT2D eigenvalue weighted by Crippen LogP contribution is 2.41. The van der Waals surface area contributed by atoms with Crippen LogP contribution in [0.15, 0.2) is 53.0 Å². The van der Waals surface area contributed by atoms with Gasteiger partial charge in [-0.1, -0.05) is 76.3 Å². The Bertz CT molecular complexity index is 1720. The lowest BCUT2D eigenvalue weighted by atomic mass is 9.73. The van der Waals surface area contributed by atoms with Crippen LogP contribution in [-0.4, -0.2) is 124 Å². The van der Waals surface area contributed by atoms with Gasteiger partial charge in [-0.3, -0.25) is 14.5 Å². The van der Waals surface area contributed by atoms with Crippen molar-refractivity contribution in [1.82, 2.24) is 4.90 Å². The zero-order valence-electron chi connectivity index (χ0n) is 37.4. The Morgan fingerprint density at radius 3 is 2.31 bits per heavy atom. The molecule has 3 saturated heterocycles. The molecule has 3 aliphatic rings. The number of allylic oxidation sites excluding steroid dienone is 2. The molecule has 12 nitrogen and oxygen atoms in total. The predicted octanol–water partition coefficient (Wildman–Crippen LogP) is 6.45. The Kier molecular flexibility index (Phi) is 15.8. The van der Waals surface area contributed by atoms with Crippen LogP contribution in [0.4, 0.5) is 4.39 Å². The standard InChI is InChI=1S/C46H69FN2O10/c1-14-35-46(12,54)40-29(4)36(48-31(6)50)27(2)24-44(10,56-26-33(25-55-40)22-18-21-32-19-16-15-17-20-32)39(30(5)38(52)45(11,47)42(53)58-35)59-41-37(51)34(23-28(3)57-41)49(13)43(7,8)9/h15-22,27-30,34-35,37,39-41,51,54H,14,23-26H2,1-13H3/b21-18+,33-22+,48-36+/t27-,28-,29+,30+,34+,35-,37-,39-,40-,41+,44-,45+,46-/m1/s1. The first-order valence-electron chi connectivity index (χ1n) is 21.0. The lowest BCUT2D eigenvalue weighted by Crippen LogP contribution is -2.63. The Labute approximate surface area is 350 Å². The monoisotopic (exact) mass is 828 g/mol. The number of likely N-dealkylation sites (N-methyl/N-ethyl adjacent to an activating group) is 1. The van der Waals surface area contributed by atoms with E-state index >= 15 is 4.39 Å². The molecular weight excluding hydrogens is 760 g/mol. The highest BCUT2D eigenvalue weighted by molar-refractivity contribution is 6.08. The third-order valence-electron chi connectivity index (χ3n) is 12.5. The summed E-state index contributed by atoms with van der Waals surface area (Å²) in [5, 5.41) is 24.4. The minimum Gasteiger partial charge on any atom is -0.457 e. The van der Waals surface area contributed by atoms with Crippen molar-refractivity contribution in [3.05, 3.63) is 53.6 Å². The van der Waals surface area contributed by atoms with Gasteiger partial charge in [0, 0.05) is 36.1 Å². The Morgan fingerprint density at radius 2 is 1.71 bits per heavy atom. The average Bonchev–Trinajstić information content (AvgIpc) is 3.17. The second kappa shape index (κ2) is 19.3. The van der Waals surface area contributed by atoms with E-state index in [-0.39, 0.29) is 37.7 Å². The van der Waals surface area contributed by atoms with Crippen molar-refractivity contribution in [2.24, 2.45) is 22.7 Å². The van der Waals surface area contributed by atoms with Gasteiger partial charge in [0.2, 0.25) is 5.91 Å². The normalized spacial score (nSPS) is 39.8. The van der Waals surface area contributed by atoms with Crippen molar-refractivity contribution in [2.45, 2.75) is 168 Å². The van der Waals surface area contributed by atoms with E-state index in [4.69, 9.17) is 23.7 Å². The number of amides is 1. The number of benzene rings is 1. The zero-order chi connectivity index (χ0) is 44.2. The number of halogens is 1. The topological polar surface area (TPSA) is 153 Å². The van der Waals surface area contributed by atoms with Gasteiger partial charge in [0.05, 0.1) is 37.1 Å². The summed E-state index contributed by atoms with van der Waals surface area (Å²) in [6.45, 7) is 20.0. The number of aliphatic hydroxyl groups excluding tert-OH is 1. The van der Waals surface area contributed by atoms with Crippen LogP contribution in [0.3, 0.4) is 0 Å². The zero-order valence-corrected chi connectivity index (χ0v) is 37.4. The van der Waals surface area contributed by atoms with E-state index in [0.717, 1.165) is 12.5 Å². The largest absolute Gasteiger partial charge is 0.457 e. The van der Waals surface area contributed by atoms with Gasteiger partial charge in [-0.05, 0) is 91.8 Å². The lowest BCUT2D eigenvalue weighted by molar-refractivity contribution is -0.299. The number of ketones is 1. The molecule has 0 aliphatic carbocycles. The Morgan fingerprint density at radius 1 is 1.07 bits per heavy atom. The number of esters is 1. The quantitative estimate of drug-likeness (QED) is 0.240. The summed E-state index contributed by atoms with van der Waals surface area (Å²) in [4.78, 5) is 47.8. The number of cyclic esters (lactones) is 1. The molecule has 0 unspecified atom stereocenters. The smallest absolute Gasteiger partial charge is 0.351 e. The lowest BCUT2D eigenvalue weighted by Gasteiger charge is -2.49. The second-order valence-corrected chi connectivity index (χ2v) is 18.5. The number of ether oxygens (including phenoxy) is 5. The second-order valence-electron chi connectivity index (χ2n) is 18.5. The molecule has 0 aromatic heterocycles. The molecule has 330 valence electrons. The van der Waals surface area contributed by atoms with Gasteiger partial charge in [0.25, 0.3) is 5.67 Å². The fourth-order valence-electron chi connectivity index (χ4n) is 8.90. The number of alkyl halides is 1. The van der Waals surface area contributed by atoms with E-state index in [1.807, 2.05) is 90.2 Å². The third kappa shape index (κ3) is 11.2. The van der Waals surface area contributed by atoms with Crippen LogP contribution in [0.5, 0.6) is 0 Å². The van der Waals surface area contributed by atoms with Crippen molar-refractivity contribution in [3.63, 3.8) is 0 Å². The summed E-state index contributed by atoms with van der Waals surface area (Å²) in [6.07, 6.45) is -0.481. The average molecular weight is 829 g/mol. The molecule has 2 N–H and O–H groups in total. The van der Waals surface area contributed by atoms with Gasteiger partial charge in [-0.15, -0.1) is 0 Å². The SMILES string of the molecule is CC[C@H]1OC(=O)[C@@](C)(F)C(=O)[C@H](C)[C@@H](O[C@@H]2O[C@H](C)C[C@H](N(C)C(C)(C)C)[C@H]2O)[C@@]2(C)C[C@@H](C)/C(=N\C(C)=O)[C@H](C)[C@@H](OC/C(=C\C=C\c3ccccc3)CO2)[C@]1(C)O. The molecule has 13 atom stereocenters. The van der Waals surface area contributed by atoms with Crippen LogP contribution in [-0.2, 0) is 38.1 Å². The molecule has 3 heterocycles. The first-order chi connectivity index (χ1) is 27.3. The van der Waals surface area contributed by atoms with Gasteiger partial charge < -0.3 is 33.9 Å². The van der Waals surface area contributed by atoms with Gasteiger partial charge in [-0.2, -0.15) is 0 Å². The summed E-state index contributed by atoms with van der Waals surface area (Å²) in [7, 11) is 1.92. The highest BCUT2D eigenvalue weighted by Gasteiger charge is 2.57. The third-order valence-corrected chi connectivity index (χ3v) is 12.5. The number of aliphatic hydroxyl groups is 2. The fourth-order valence-corrected chi connectivity index (χ4v) is 8.90. The summed E-state index contributed by atoms with van der Waals surface area (Å²) < 4.78 is 49.3. The van der Waals surface area contributed by atoms with Crippen molar-refractivity contribution < 1.29 is 52.7 Å². The summed E-state index contributed by atoms with van der Waals surface area (Å²) >= 11 is 0. The van der Waals surface area contributed by atoms with Gasteiger partial charge >= 0.3 is 5.97 Å². The molecule has 0 spiro atoms. The van der Waals surface area contributed by atoms with Crippen molar-refractivity contribution in [3.8, 4) is 0 Å². The van der Waals surface area contributed by atoms with Crippen LogP contribution < -0.4 is 0 Å². The van der Waals surface area contributed by atoms with E-state index in [2.05, 4.69) is 9.89 Å². The minimum atomic E-state index is -3.19. The van der Waals surface area contributed by atoms with Crippen molar-refractivity contribution >= 4 is 29.4 Å². The first-order valence-corrected chi connectivity index (χ1v) is 21.0. The van der Waals surface area contributed by atoms with E-state index in [9.17, 15) is 24.6 Å². The highest BCUT2D eigenvalue weighted by atomic mass is 19.1. The maximum Gasteiger partial charge on any atom is 0.351 e. The van der Waals surface area contributed by atoms with Crippen LogP contribution in [0.1, 0.15) is 108 Å². The molecule has 3 aliphatic heterocycles. The number of Topliss-reactive ketones (excluding diaryl/α,β-unsaturated/α-hetero) is 1. The molecule has 13 heteroatoms. The number of rotatable bonds is 6. The van der Waals surface area contributed by atoms with Crippen LogP contribution >= 0.6 is 0 Å². The van der Waals surface area contributed by atoms with Crippen LogP contribution in [0, 0.1) is 17.8 Å². The number of hydrogen-bond acceptors (Lipinski definition) is 11. The summed E-state index contributed by atoms with van der Waals surface area (Å²) in [6, 6.07) is 9.29. The number of carbonyl (C=O) groups is 3. The molecule has 1 amide bonds. The maximum absolute atomic E-state index is 17.0. The number of aliphatic imine (C=N–C) groups is 1. The molecule has 0 saturated carbocycles. The van der Waals surface area contributed by atoms with E-state index in [1.54, 1.807) is 20.8 Å². The fraction of sp³-hybridized carbons (Fsp3) is 0.696. The van der Waals surface area contributed by atoms with Crippen LogP contribution in [0.25, 0.3) is 6.08 Å². The molecule has 1 aromatic carbocycles. The number of fused-ring (bicyclic) bond motifs is 5. The van der Waals surface area contributed by atoms with E-state index < -0.39 is 89.0 Å². The van der Waals surface area contributed by atoms with Gasteiger partial charge in [0.1, 0.15) is 17.8 Å². The predicted molar refractivity (Wildman–Crippen MR) is 224 cm³/mol. The van der Waals surface area contributed by atoms with E-state index in [1.165, 1.54) is 20.8 Å². The molecule has 0 radical (unpaired) electrons. The van der Waals surface area contributed by atoms with Crippen LogP contribution in [0.2, 0.25) is 0 Å². The molecule has 2 bridgehead atoms. The van der Waals surface area contributed by atoms with Gasteiger partial charge in [0.15, 0.2) is 12.1 Å². The first kappa shape index (κ1) is 48.5. The molecule has 3 fully saturated rings. The summed E-state index contributed by atoms with van der Waals surface area (Å²) in [5.74, 6) is -5.82. The van der Waals surface area contributed by atoms with Crippen molar-refractivity contribution in [2.75, 3.05) is 20.3 Å². The summed E-state index contributed by atoms with van der Waals surface area (Å²) in [5.41, 5.74) is -5.01. The minimum absolute atomic E-state index is 0.0363. The number of carbonyl (C=O) groups excluding carboxylic acids is 3. The van der Waals surface area contributed by atoms with Crippen molar-refractivity contribution in [1.29, 1.82) is 0 Å². The Hall–Kier alpha value is -3.17. The maximum atomic E-state index is 17.0. The molecule has 59 heavy (non-hydrogen) atoms. The molecular formula is C46H69FN2O10. The number of nitrogens with zero attached hydrogens (tertiary/aromatic N) is 2.